The molecule has 0 bridgehead atoms. The molecular formula is C14H17Cl3O2. The van der Waals surface area contributed by atoms with Crippen molar-refractivity contribution < 1.29 is 9.53 Å². The van der Waals surface area contributed by atoms with Crippen molar-refractivity contribution >= 4 is 40.2 Å². The highest BCUT2D eigenvalue weighted by atomic mass is 35.5. The first-order valence-electron chi connectivity index (χ1n) is 6.22. The summed E-state index contributed by atoms with van der Waals surface area (Å²) in [5.41, 5.74) is 2.68. The first-order valence-corrected chi connectivity index (χ1v) is 7.67. The second-order valence-electron chi connectivity index (χ2n) is 4.21. The van der Waals surface area contributed by atoms with Gasteiger partial charge in [0.05, 0.1) is 0 Å². The zero-order valence-electron chi connectivity index (χ0n) is 10.6. The van der Waals surface area contributed by atoms with Crippen molar-refractivity contribution in [2.45, 2.75) is 32.3 Å². The molecule has 0 aliphatic carbocycles. The van der Waals surface area contributed by atoms with Crippen LogP contribution in [0, 0.1) is 0 Å². The standard InChI is InChI=1S/C14H17Cl3O2/c15-7-1-3-12-6-5-11(10-19-14(17)18)9-13(12)4-2-8-16/h5-6,9H,1-4,7-8,10H2. The first kappa shape index (κ1) is 16.6. The molecule has 106 valence electrons. The predicted molar refractivity (Wildman–Crippen MR) is 80.6 cm³/mol. The minimum absolute atomic E-state index is 0.200. The van der Waals surface area contributed by atoms with Crippen molar-refractivity contribution in [2.75, 3.05) is 11.8 Å². The average Bonchev–Trinajstić information content (AvgIpc) is 2.41. The Kier molecular flexibility index (Phi) is 8.27. The molecule has 2 nitrogen and oxygen atoms in total. The number of hydrogen-bond donors (Lipinski definition) is 0. The minimum Gasteiger partial charge on any atom is -0.449 e. The summed E-state index contributed by atoms with van der Waals surface area (Å²) in [5.74, 6) is 1.29. The third-order valence-electron chi connectivity index (χ3n) is 2.78. The summed E-state index contributed by atoms with van der Waals surface area (Å²) >= 11 is 16.6. The quantitative estimate of drug-likeness (QED) is 0.502. The molecule has 0 radical (unpaired) electrons. The van der Waals surface area contributed by atoms with E-state index in [0.717, 1.165) is 31.2 Å². The number of hydrogen-bond acceptors (Lipinski definition) is 2. The van der Waals surface area contributed by atoms with Gasteiger partial charge < -0.3 is 4.74 Å². The van der Waals surface area contributed by atoms with E-state index in [1.165, 1.54) is 11.1 Å². The average molecular weight is 324 g/mol. The first-order chi connectivity index (χ1) is 9.17. The van der Waals surface area contributed by atoms with Crippen LogP contribution in [0.2, 0.25) is 0 Å². The predicted octanol–water partition coefficient (Wildman–Crippen LogP) is 4.90. The molecule has 5 heteroatoms. The van der Waals surface area contributed by atoms with E-state index in [9.17, 15) is 4.79 Å². The third-order valence-corrected chi connectivity index (χ3v) is 3.43. The summed E-state index contributed by atoms with van der Waals surface area (Å²) in [6, 6.07) is 6.07. The number of halogens is 3. The Morgan fingerprint density at radius 3 is 2.26 bits per heavy atom. The molecule has 0 heterocycles. The van der Waals surface area contributed by atoms with E-state index in [-0.39, 0.29) is 6.61 Å². The number of benzene rings is 1. The molecule has 0 N–H and O–H groups in total. The molecular weight excluding hydrogens is 307 g/mol. The fraction of sp³-hybridized carbons (Fsp3) is 0.500. The van der Waals surface area contributed by atoms with Gasteiger partial charge in [-0.1, -0.05) is 18.2 Å². The van der Waals surface area contributed by atoms with Crippen LogP contribution in [0.25, 0.3) is 0 Å². The highest BCUT2D eigenvalue weighted by molar-refractivity contribution is 6.61. The van der Waals surface area contributed by atoms with Gasteiger partial charge >= 0.3 is 5.43 Å². The van der Waals surface area contributed by atoms with Gasteiger partial charge in [-0.15, -0.1) is 23.2 Å². The van der Waals surface area contributed by atoms with Crippen LogP contribution in [0.5, 0.6) is 0 Å². The summed E-state index contributed by atoms with van der Waals surface area (Å²) in [7, 11) is 0. The molecule has 0 saturated carbocycles. The highest BCUT2D eigenvalue weighted by Gasteiger charge is 2.06. The number of ether oxygens (including phenoxy) is 1. The second kappa shape index (κ2) is 9.46. The zero-order chi connectivity index (χ0) is 14.1. The summed E-state index contributed by atoms with van der Waals surface area (Å²) in [5, 5.41) is 0. The number of carbonyl (C=O) groups excluding carboxylic acids is 1. The molecule has 1 aromatic rings. The van der Waals surface area contributed by atoms with Crippen LogP contribution >= 0.6 is 34.8 Å². The van der Waals surface area contributed by atoms with Crippen LogP contribution in [-0.4, -0.2) is 17.2 Å². The second-order valence-corrected chi connectivity index (χ2v) is 5.28. The van der Waals surface area contributed by atoms with E-state index >= 15 is 0 Å². The van der Waals surface area contributed by atoms with Crippen molar-refractivity contribution in [1.29, 1.82) is 0 Å². The molecule has 1 aromatic carbocycles. The van der Waals surface area contributed by atoms with Crippen molar-refractivity contribution in [1.82, 2.24) is 0 Å². The van der Waals surface area contributed by atoms with Crippen LogP contribution in [0.1, 0.15) is 29.5 Å². The van der Waals surface area contributed by atoms with Crippen molar-refractivity contribution in [3.8, 4) is 0 Å². The van der Waals surface area contributed by atoms with Gasteiger partial charge in [-0.05, 0) is 42.4 Å². The smallest absolute Gasteiger partial charge is 0.404 e. The molecule has 0 aliphatic rings. The Morgan fingerprint density at radius 1 is 1.05 bits per heavy atom. The summed E-state index contributed by atoms with van der Waals surface area (Å²) in [6.45, 7) is 0.200. The monoisotopic (exact) mass is 322 g/mol. The topological polar surface area (TPSA) is 26.3 Å². The van der Waals surface area contributed by atoms with Crippen LogP contribution in [0.15, 0.2) is 18.2 Å². The number of carbonyl (C=O) groups is 1. The molecule has 0 aromatic heterocycles. The minimum atomic E-state index is -0.784. The van der Waals surface area contributed by atoms with Crippen LogP contribution < -0.4 is 0 Å². The number of rotatable bonds is 8. The lowest BCUT2D eigenvalue weighted by atomic mass is 9.97. The maximum absolute atomic E-state index is 10.6. The molecule has 0 atom stereocenters. The molecule has 1 rings (SSSR count). The molecule has 0 amide bonds. The van der Waals surface area contributed by atoms with Crippen molar-refractivity contribution in [2.24, 2.45) is 0 Å². The van der Waals surface area contributed by atoms with Gasteiger partial charge in [-0.3, -0.25) is 0 Å². The molecule has 0 fully saturated rings. The SMILES string of the molecule is O=C(Cl)OCc1ccc(CCCCl)c(CCCCl)c1. The Hall–Kier alpha value is -0.440. The third kappa shape index (κ3) is 6.51. The summed E-state index contributed by atoms with van der Waals surface area (Å²) in [4.78, 5) is 10.6. The van der Waals surface area contributed by atoms with Crippen LogP contribution in [0.3, 0.4) is 0 Å². The van der Waals surface area contributed by atoms with Gasteiger partial charge in [-0.25, -0.2) is 4.79 Å². The van der Waals surface area contributed by atoms with Crippen molar-refractivity contribution in [3.05, 3.63) is 34.9 Å². The van der Waals surface area contributed by atoms with E-state index in [1.54, 1.807) is 0 Å². The molecule has 19 heavy (non-hydrogen) atoms. The molecule has 0 aliphatic heterocycles. The molecule has 0 saturated heterocycles. The van der Waals surface area contributed by atoms with Crippen LogP contribution in [-0.2, 0) is 24.2 Å². The number of alkyl halides is 2. The van der Waals surface area contributed by atoms with Gasteiger partial charge in [0.1, 0.15) is 6.61 Å². The maximum atomic E-state index is 10.6. The maximum Gasteiger partial charge on any atom is 0.404 e. The lowest BCUT2D eigenvalue weighted by Crippen LogP contribution is -2.00. The lowest BCUT2D eigenvalue weighted by Gasteiger charge is -2.11. The lowest BCUT2D eigenvalue weighted by molar-refractivity contribution is 0.167. The fourth-order valence-corrected chi connectivity index (χ4v) is 2.22. The Balaban J connectivity index is 2.77. The number of aryl methyl sites for hydroxylation is 2. The molecule has 0 unspecified atom stereocenters. The highest BCUT2D eigenvalue weighted by Crippen LogP contribution is 2.17. The van der Waals surface area contributed by atoms with Gasteiger partial charge in [0.15, 0.2) is 0 Å². The van der Waals surface area contributed by atoms with E-state index < -0.39 is 5.43 Å². The van der Waals surface area contributed by atoms with E-state index in [1.807, 2.05) is 6.07 Å². The summed E-state index contributed by atoms with van der Waals surface area (Å²) < 4.78 is 4.79. The Labute approximate surface area is 129 Å². The largest absolute Gasteiger partial charge is 0.449 e. The zero-order valence-corrected chi connectivity index (χ0v) is 12.9. The fourth-order valence-electron chi connectivity index (χ4n) is 1.90. The van der Waals surface area contributed by atoms with E-state index in [0.29, 0.717) is 11.8 Å². The Bertz CT molecular complexity index is 408. The van der Waals surface area contributed by atoms with Gasteiger partial charge in [0.2, 0.25) is 0 Å². The van der Waals surface area contributed by atoms with Crippen molar-refractivity contribution in [3.63, 3.8) is 0 Å². The van der Waals surface area contributed by atoms with Gasteiger partial charge in [0, 0.05) is 23.4 Å². The molecule has 0 spiro atoms. The van der Waals surface area contributed by atoms with Gasteiger partial charge in [0.25, 0.3) is 0 Å². The normalized spacial score (nSPS) is 10.5. The van der Waals surface area contributed by atoms with E-state index in [4.69, 9.17) is 39.5 Å². The van der Waals surface area contributed by atoms with Gasteiger partial charge in [-0.2, -0.15) is 0 Å². The Morgan fingerprint density at radius 2 is 1.68 bits per heavy atom. The van der Waals surface area contributed by atoms with E-state index in [2.05, 4.69) is 12.1 Å². The van der Waals surface area contributed by atoms with Crippen LogP contribution in [0.4, 0.5) is 4.79 Å². The summed E-state index contributed by atoms with van der Waals surface area (Å²) in [6.07, 6.45) is 3.75.